The van der Waals surface area contributed by atoms with Crippen LogP contribution in [-0.2, 0) is 16.0 Å². The van der Waals surface area contributed by atoms with Crippen LogP contribution >= 0.6 is 12.2 Å². The molecule has 0 radical (unpaired) electrons. The first kappa shape index (κ1) is 15.9. The van der Waals surface area contributed by atoms with Crippen LogP contribution in [0.15, 0.2) is 30.3 Å². The molecule has 1 saturated carbocycles. The molecule has 0 bridgehead atoms. The maximum absolute atomic E-state index is 12.8. The van der Waals surface area contributed by atoms with Gasteiger partial charge in [-0.05, 0) is 24.8 Å². The van der Waals surface area contributed by atoms with Gasteiger partial charge in [0.2, 0.25) is 5.91 Å². The summed E-state index contributed by atoms with van der Waals surface area (Å²) in [6, 6.07) is 10.2. The third-order valence-electron chi connectivity index (χ3n) is 3.73. The Morgan fingerprint density at radius 1 is 1.43 bits per heavy atom. The largest absolute Gasteiger partial charge is 0.393 e. The van der Waals surface area contributed by atoms with Crippen LogP contribution in [-0.4, -0.2) is 42.1 Å². The number of benzene rings is 1. The highest BCUT2D eigenvalue weighted by Crippen LogP contribution is 2.28. The number of hydrogen-bond donors (Lipinski definition) is 1. The SMILES string of the molecule is COCCN(C(=O)C(Cc1ccccc1)C(N)=S)C1CC1. The minimum Gasteiger partial charge on any atom is -0.393 e. The van der Waals surface area contributed by atoms with Crippen LogP contribution in [0.4, 0.5) is 0 Å². The summed E-state index contributed by atoms with van der Waals surface area (Å²) in [6.07, 6.45) is 2.68. The van der Waals surface area contributed by atoms with Crippen LogP contribution in [0, 0.1) is 5.92 Å². The molecule has 1 aromatic rings. The van der Waals surface area contributed by atoms with E-state index < -0.39 is 5.92 Å². The normalized spacial score (nSPS) is 15.5. The summed E-state index contributed by atoms with van der Waals surface area (Å²) in [5.74, 6) is -0.397. The van der Waals surface area contributed by atoms with Crippen molar-refractivity contribution < 1.29 is 9.53 Å². The number of hydrogen-bond acceptors (Lipinski definition) is 3. The van der Waals surface area contributed by atoms with E-state index in [0.717, 1.165) is 18.4 Å². The van der Waals surface area contributed by atoms with Crippen molar-refractivity contribution in [3.8, 4) is 0 Å². The lowest BCUT2D eigenvalue weighted by molar-refractivity contribution is -0.134. The second kappa shape index (κ2) is 7.52. The van der Waals surface area contributed by atoms with Crippen LogP contribution in [0.1, 0.15) is 18.4 Å². The van der Waals surface area contributed by atoms with Gasteiger partial charge in [0.1, 0.15) is 0 Å². The van der Waals surface area contributed by atoms with Gasteiger partial charge in [0, 0.05) is 19.7 Å². The van der Waals surface area contributed by atoms with E-state index in [4.69, 9.17) is 22.7 Å². The van der Waals surface area contributed by atoms with Gasteiger partial charge >= 0.3 is 0 Å². The Labute approximate surface area is 131 Å². The van der Waals surface area contributed by atoms with Crippen LogP contribution in [0.2, 0.25) is 0 Å². The second-order valence-electron chi connectivity index (χ2n) is 5.40. The summed E-state index contributed by atoms with van der Waals surface area (Å²) in [6.45, 7) is 1.14. The minimum atomic E-state index is -0.431. The van der Waals surface area contributed by atoms with Crippen molar-refractivity contribution in [2.45, 2.75) is 25.3 Å². The Morgan fingerprint density at radius 3 is 2.62 bits per heavy atom. The van der Waals surface area contributed by atoms with Crippen molar-refractivity contribution in [3.05, 3.63) is 35.9 Å². The quantitative estimate of drug-likeness (QED) is 0.744. The predicted molar refractivity (Wildman–Crippen MR) is 87.0 cm³/mol. The topological polar surface area (TPSA) is 55.6 Å². The number of nitrogens with zero attached hydrogens (tertiary/aromatic N) is 1. The fraction of sp³-hybridized carbons (Fsp3) is 0.500. The van der Waals surface area contributed by atoms with Crippen LogP contribution in [0.5, 0.6) is 0 Å². The van der Waals surface area contributed by atoms with Crippen molar-refractivity contribution in [3.63, 3.8) is 0 Å². The first-order chi connectivity index (χ1) is 10.1. The molecule has 2 rings (SSSR count). The lowest BCUT2D eigenvalue weighted by atomic mass is 9.97. The van der Waals surface area contributed by atoms with Gasteiger partial charge in [0.15, 0.2) is 0 Å². The Balaban J connectivity index is 2.08. The average Bonchev–Trinajstić information content (AvgIpc) is 3.30. The third kappa shape index (κ3) is 4.51. The van der Waals surface area contributed by atoms with E-state index in [1.807, 2.05) is 35.2 Å². The molecule has 1 fully saturated rings. The highest BCUT2D eigenvalue weighted by molar-refractivity contribution is 7.80. The molecule has 5 heteroatoms. The summed E-state index contributed by atoms with van der Waals surface area (Å²) in [5.41, 5.74) is 6.90. The zero-order chi connectivity index (χ0) is 15.2. The van der Waals surface area contributed by atoms with Crippen LogP contribution in [0.3, 0.4) is 0 Å². The summed E-state index contributed by atoms with van der Waals surface area (Å²) >= 11 is 5.13. The van der Waals surface area contributed by atoms with E-state index in [2.05, 4.69) is 0 Å². The monoisotopic (exact) mass is 306 g/mol. The predicted octanol–water partition coefficient (Wildman–Crippen LogP) is 1.77. The summed E-state index contributed by atoms with van der Waals surface area (Å²) in [7, 11) is 1.64. The van der Waals surface area contributed by atoms with Gasteiger partial charge in [-0.15, -0.1) is 0 Å². The molecule has 0 aliphatic heterocycles. The Bertz CT molecular complexity index is 488. The molecule has 21 heavy (non-hydrogen) atoms. The maximum atomic E-state index is 12.8. The molecule has 1 aromatic carbocycles. The molecule has 0 spiro atoms. The molecule has 1 amide bonds. The number of thiocarbonyl (C=S) groups is 1. The maximum Gasteiger partial charge on any atom is 0.233 e. The molecule has 0 saturated heterocycles. The standard InChI is InChI=1S/C16H22N2O2S/c1-20-10-9-18(13-7-8-13)16(19)14(15(17)21)11-12-5-3-2-4-6-12/h2-6,13-14H,7-11H2,1H3,(H2,17,21). The van der Waals surface area contributed by atoms with Gasteiger partial charge in [0.25, 0.3) is 0 Å². The van der Waals surface area contributed by atoms with Crippen LogP contribution in [0.25, 0.3) is 0 Å². The van der Waals surface area contributed by atoms with Crippen molar-refractivity contribution >= 4 is 23.1 Å². The smallest absolute Gasteiger partial charge is 0.233 e. The first-order valence-corrected chi connectivity index (χ1v) is 7.67. The number of carbonyl (C=O) groups is 1. The zero-order valence-corrected chi connectivity index (χ0v) is 13.1. The Morgan fingerprint density at radius 2 is 2.10 bits per heavy atom. The average molecular weight is 306 g/mol. The molecule has 114 valence electrons. The lowest BCUT2D eigenvalue weighted by Gasteiger charge is -2.27. The molecule has 0 aromatic heterocycles. The van der Waals surface area contributed by atoms with E-state index in [0.29, 0.717) is 25.6 Å². The number of ether oxygens (including phenoxy) is 1. The molecule has 2 N–H and O–H groups in total. The fourth-order valence-electron chi connectivity index (χ4n) is 2.41. The summed E-state index contributed by atoms with van der Waals surface area (Å²) in [4.78, 5) is 14.9. The first-order valence-electron chi connectivity index (χ1n) is 7.26. The van der Waals surface area contributed by atoms with Crippen molar-refractivity contribution in [2.75, 3.05) is 20.3 Å². The molecule has 4 nitrogen and oxygen atoms in total. The van der Waals surface area contributed by atoms with E-state index in [1.165, 1.54) is 0 Å². The highest BCUT2D eigenvalue weighted by atomic mass is 32.1. The number of carbonyl (C=O) groups excluding carboxylic acids is 1. The minimum absolute atomic E-state index is 0.0332. The molecule has 1 aliphatic rings. The number of methoxy groups -OCH3 is 1. The van der Waals surface area contributed by atoms with E-state index in [9.17, 15) is 4.79 Å². The third-order valence-corrected chi connectivity index (χ3v) is 4.02. The molecule has 1 unspecified atom stereocenters. The number of nitrogens with two attached hydrogens (primary N) is 1. The molecule has 1 aliphatic carbocycles. The van der Waals surface area contributed by atoms with Gasteiger partial charge in [-0.25, -0.2) is 0 Å². The Kier molecular flexibility index (Phi) is 5.70. The summed E-state index contributed by atoms with van der Waals surface area (Å²) < 4.78 is 5.10. The van der Waals surface area contributed by atoms with E-state index in [-0.39, 0.29) is 10.9 Å². The van der Waals surface area contributed by atoms with Gasteiger partial charge in [0.05, 0.1) is 17.5 Å². The Hall–Kier alpha value is -1.46. The number of rotatable bonds is 8. The van der Waals surface area contributed by atoms with E-state index >= 15 is 0 Å². The second-order valence-corrected chi connectivity index (χ2v) is 5.87. The highest BCUT2D eigenvalue weighted by Gasteiger charge is 2.36. The van der Waals surface area contributed by atoms with Gasteiger partial charge in [-0.1, -0.05) is 42.5 Å². The lowest BCUT2D eigenvalue weighted by Crippen LogP contribution is -2.44. The van der Waals surface area contributed by atoms with Crippen molar-refractivity contribution in [2.24, 2.45) is 11.7 Å². The van der Waals surface area contributed by atoms with Gasteiger partial charge < -0.3 is 15.4 Å². The van der Waals surface area contributed by atoms with Gasteiger partial charge in [-0.2, -0.15) is 0 Å². The zero-order valence-electron chi connectivity index (χ0n) is 12.3. The summed E-state index contributed by atoms with van der Waals surface area (Å²) in [5, 5.41) is 0. The molecule has 1 atom stereocenters. The van der Waals surface area contributed by atoms with Gasteiger partial charge in [-0.3, -0.25) is 4.79 Å². The van der Waals surface area contributed by atoms with Crippen molar-refractivity contribution in [1.82, 2.24) is 4.90 Å². The van der Waals surface area contributed by atoms with E-state index in [1.54, 1.807) is 7.11 Å². The molecule has 0 heterocycles. The molecular formula is C16H22N2O2S. The van der Waals surface area contributed by atoms with Crippen molar-refractivity contribution in [1.29, 1.82) is 0 Å². The fourth-order valence-corrected chi connectivity index (χ4v) is 2.59. The number of amides is 1. The molecular weight excluding hydrogens is 284 g/mol. The van der Waals surface area contributed by atoms with Crippen LogP contribution < -0.4 is 5.73 Å².